The predicted octanol–water partition coefficient (Wildman–Crippen LogP) is -1.49. The van der Waals surface area contributed by atoms with E-state index >= 15 is 0 Å². The molecule has 0 saturated carbocycles. The molecule has 0 atom stereocenters. The first kappa shape index (κ1) is 11.9. The lowest BCUT2D eigenvalue weighted by Gasteiger charge is -1.93. The van der Waals surface area contributed by atoms with E-state index in [-0.39, 0.29) is 24.0 Å². The largest absolute Gasteiger partial charge is 1.00 e. The molecule has 3 heteroatoms. The Morgan fingerprint density at radius 2 is 2.08 bits per heavy atom. The average molecular weight is 280 g/mol. The van der Waals surface area contributed by atoms with Crippen LogP contribution in [-0.2, 0) is 13.6 Å². The zero-order valence-electron chi connectivity index (χ0n) is 7.83. The van der Waals surface area contributed by atoms with Gasteiger partial charge in [0.2, 0.25) is 6.33 Å². The van der Waals surface area contributed by atoms with Crippen molar-refractivity contribution in [3.05, 3.63) is 18.7 Å². The molecule has 70 valence electrons. The maximum atomic E-state index is 2.23. The van der Waals surface area contributed by atoms with Crippen molar-refractivity contribution >= 4 is 0 Å². The number of hydrogen-bond donors (Lipinski definition) is 0. The van der Waals surface area contributed by atoms with Crippen LogP contribution in [0.1, 0.15) is 26.2 Å². The summed E-state index contributed by atoms with van der Waals surface area (Å²) < 4.78 is 4.31. The fourth-order valence-corrected chi connectivity index (χ4v) is 1.18. The van der Waals surface area contributed by atoms with Crippen LogP contribution in [0.25, 0.3) is 0 Å². The van der Waals surface area contributed by atoms with Crippen molar-refractivity contribution in [1.82, 2.24) is 4.57 Å². The van der Waals surface area contributed by atoms with Crippen LogP contribution in [0.2, 0.25) is 0 Å². The molecule has 0 aliphatic rings. The molecule has 0 bridgehead atoms. The van der Waals surface area contributed by atoms with Gasteiger partial charge < -0.3 is 24.0 Å². The van der Waals surface area contributed by atoms with Gasteiger partial charge >= 0.3 is 0 Å². The van der Waals surface area contributed by atoms with E-state index in [0.29, 0.717) is 0 Å². The molecule has 0 aliphatic carbocycles. The average Bonchev–Trinajstić information content (AvgIpc) is 2.37. The van der Waals surface area contributed by atoms with Gasteiger partial charge in [0.1, 0.15) is 12.4 Å². The fourth-order valence-electron chi connectivity index (χ4n) is 1.18. The van der Waals surface area contributed by atoms with Crippen LogP contribution in [0.4, 0.5) is 0 Å². The van der Waals surface area contributed by atoms with Crippen LogP contribution in [0.3, 0.4) is 0 Å². The molecule has 0 N–H and O–H groups in total. The van der Waals surface area contributed by atoms with Crippen molar-refractivity contribution in [2.75, 3.05) is 0 Å². The van der Waals surface area contributed by atoms with Crippen LogP contribution in [-0.4, -0.2) is 4.57 Å². The second-order valence-electron chi connectivity index (χ2n) is 3.02. The summed E-state index contributed by atoms with van der Waals surface area (Å²) in [5.74, 6) is 0. The third kappa shape index (κ3) is 4.09. The highest BCUT2D eigenvalue weighted by molar-refractivity contribution is 4.61. The predicted molar refractivity (Wildman–Crippen MR) is 45.1 cm³/mol. The van der Waals surface area contributed by atoms with Gasteiger partial charge in [-0.05, 0) is 12.8 Å². The number of aryl methyl sites for hydroxylation is 2. The zero-order valence-corrected chi connectivity index (χ0v) is 9.99. The van der Waals surface area contributed by atoms with Gasteiger partial charge in [0.15, 0.2) is 0 Å². The molecule has 1 heterocycles. The Bertz CT molecular complexity index is 208. The number of aromatic nitrogens is 2. The van der Waals surface area contributed by atoms with E-state index < -0.39 is 0 Å². The molecule has 0 unspecified atom stereocenters. The van der Waals surface area contributed by atoms with Crippen LogP contribution in [0, 0.1) is 0 Å². The van der Waals surface area contributed by atoms with E-state index in [1.165, 1.54) is 19.3 Å². The molecular formula is C9H17IN2. The second kappa shape index (κ2) is 6.46. The van der Waals surface area contributed by atoms with E-state index in [1.807, 2.05) is 0 Å². The summed E-state index contributed by atoms with van der Waals surface area (Å²) in [7, 11) is 2.05. The van der Waals surface area contributed by atoms with E-state index in [1.54, 1.807) is 0 Å². The summed E-state index contributed by atoms with van der Waals surface area (Å²) in [6.07, 6.45) is 10.2. The number of nitrogens with zero attached hydrogens (tertiary/aromatic N) is 2. The Hall–Kier alpha value is -0.0600. The van der Waals surface area contributed by atoms with Gasteiger partial charge in [0.05, 0.1) is 13.6 Å². The smallest absolute Gasteiger partial charge is 0.243 e. The summed E-state index contributed by atoms with van der Waals surface area (Å²) in [5.41, 5.74) is 0. The number of rotatable bonds is 4. The Morgan fingerprint density at radius 1 is 1.33 bits per heavy atom. The Kier molecular flexibility index (Phi) is 6.42. The SMILES string of the molecule is CCCCC[n+]1ccn(C)c1.[I-]. The van der Waals surface area contributed by atoms with Crippen molar-refractivity contribution in [3.63, 3.8) is 0 Å². The van der Waals surface area contributed by atoms with Gasteiger partial charge in [-0.3, -0.25) is 0 Å². The lowest BCUT2D eigenvalue weighted by molar-refractivity contribution is -0.696. The van der Waals surface area contributed by atoms with E-state index in [0.717, 1.165) is 6.54 Å². The lowest BCUT2D eigenvalue weighted by Crippen LogP contribution is -3.00. The van der Waals surface area contributed by atoms with Crippen LogP contribution in [0.5, 0.6) is 0 Å². The normalized spacial score (nSPS) is 9.50. The van der Waals surface area contributed by atoms with Gasteiger partial charge in [-0.2, -0.15) is 0 Å². The molecule has 12 heavy (non-hydrogen) atoms. The number of unbranched alkanes of at least 4 members (excludes halogenated alkanes) is 2. The highest BCUT2D eigenvalue weighted by Gasteiger charge is 1.97. The highest BCUT2D eigenvalue weighted by atomic mass is 127. The number of halogens is 1. The second-order valence-corrected chi connectivity index (χ2v) is 3.02. The molecule has 0 aliphatic heterocycles. The van der Waals surface area contributed by atoms with Gasteiger partial charge in [-0.1, -0.05) is 13.3 Å². The molecule has 0 fully saturated rings. The quantitative estimate of drug-likeness (QED) is 0.361. The van der Waals surface area contributed by atoms with E-state index in [4.69, 9.17) is 0 Å². The Balaban J connectivity index is 0.00000121. The standard InChI is InChI=1S/C9H17N2.HI/c1-3-4-5-6-11-8-7-10(2)9-11;/h7-9H,3-6H2,1-2H3;1H/q+1;/p-1. The maximum Gasteiger partial charge on any atom is 0.243 e. The molecule has 0 aromatic carbocycles. The third-order valence-electron chi connectivity index (χ3n) is 1.84. The van der Waals surface area contributed by atoms with Crippen molar-refractivity contribution in [1.29, 1.82) is 0 Å². The molecule has 0 saturated heterocycles. The topological polar surface area (TPSA) is 8.81 Å². The summed E-state index contributed by atoms with van der Waals surface area (Å²) >= 11 is 0. The van der Waals surface area contributed by atoms with Crippen LogP contribution in [0.15, 0.2) is 18.7 Å². The number of hydrogen-bond acceptors (Lipinski definition) is 0. The molecule has 2 nitrogen and oxygen atoms in total. The molecule has 1 aromatic rings. The zero-order chi connectivity index (χ0) is 8.10. The first-order chi connectivity index (χ1) is 5.33. The maximum absolute atomic E-state index is 2.23. The molecular weight excluding hydrogens is 263 g/mol. The first-order valence-corrected chi connectivity index (χ1v) is 4.34. The van der Waals surface area contributed by atoms with Gasteiger partial charge in [-0.15, -0.1) is 0 Å². The lowest BCUT2D eigenvalue weighted by atomic mass is 10.2. The number of imidazole rings is 1. The summed E-state index contributed by atoms with van der Waals surface area (Å²) in [5, 5.41) is 0. The van der Waals surface area contributed by atoms with Gasteiger partial charge in [0.25, 0.3) is 0 Å². The monoisotopic (exact) mass is 280 g/mol. The van der Waals surface area contributed by atoms with Gasteiger partial charge in [-0.25, -0.2) is 9.13 Å². The van der Waals surface area contributed by atoms with E-state index in [9.17, 15) is 0 Å². The molecule has 0 radical (unpaired) electrons. The minimum atomic E-state index is 0. The van der Waals surface area contributed by atoms with Crippen molar-refractivity contribution < 1.29 is 28.5 Å². The van der Waals surface area contributed by atoms with Gasteiger partial charge in [0, 0.05) is 0 Å². The first-order valence-electron chi connectivity index (χ1n) is 4.34. The van der Waals surface area contributed by atoms with E-state index in [2.05, 4.69) is 41.8 Å². The summed E-state index contributed by atoms with van der Waals surface area (Å²) in [6, 6.07) is 0. The summed E-state index contributed by atoms with van der Waals surface area (Å²) in [6.45, 7) is 3.39. The fraction of sp³-hybridized carbons (Fsp3) is 0.667. The minimum Gasteiger partial charge on any atom is -1.00 e. The van der Waals surface area contributed by atoms with Crippen molar-refractivity contribution in [2.24, 2.45) is 7.05 Å². The Morgan fingerprint density at radius 3 is 2.58 bits per heavy atom. The molecule has 1 rings (SSSR count). The van der Waals surface area contributed by atoms with Crippen molar-refractivity contribution in [3.8, 4) is 0 Å². The Labute approximate surface area is 91.6 Å². The van der Waals surface area contributed by atoms with Crippen LogP contribution < -0.4 is 28.5 Å². The highest BCUT2D eigenvalue weighted by Crippen LogP contribution is 1.92. The molecule has 0 spiro atoms. The van der Waals surface area contributed by atoms with Crippen LogP contribution >= 0.6 is 0 Å². The molecule has 1 aromatic heterocycles. The minimum absolute atomic E-state index is 0. The third-order valence-corrected chi connectivity index (χ3v) is 1.84. The molecule has 0 amide bonds. The summed E-state index contributed by atoms with van der Waals surface area (Å²) in [4.78, 5) is 0. The van der Waals surface area contributed by atoms with Crippen molar-refractivity contribution in [2.45, 2.75) is 32.7 Å².